The third-order valence-corrected chi connectivity index (χ3v) is 14.3. The number of hydrogen-bond donors (Lipinski definition) is 0. The predicted molar refractivity (Wildman–Crippen MR) is 259 cm³/mol. The number of hydrogen-bond acceptors (Lipinski definition) is 3. The first-order valence-corrected chi connectivity index (χ1v) is 21.9. The molecule has 0 spiro atoms. The van der Waals surface area contributed by atoms with Gasteiger partial charge in [0, 0.05) is 69.0 Å². The van der Waals surface area contributed by atoms with E-state index in [1.54, 1.807) is 0 Å². The van der Waals surface area contributed by atoms with Crippen molar-refractivity contribution in [1.29, 1.82) is 0 Å². The minimum atomic E-state index is 0.690. The molecule has 0 saturated carbocycles. The summed E-state index contributed by atoms with van der Waals surface area (Å²) in [5.41, 5.74) is 7.59. The van der Waals surface area contributed by atoms with Gasteiger partial charge in [-0.3, -0.25) is 4.57 Å². The predicted octanol–water partition coefficient (Wildman–Crippen LogP) is 13.5. The van der Waals surface area contributed by atoms with Gasteiger partial charge < -0.3 is 4.57 Å². The van der Waals surface area contributed by atoms with E-state index in [4.69, 9.17) is 9.97 Å². The molecular formula is C56H34N4S. The molecule has 0 bridgehead atoms. The van der Waals surface area contributed by atoms with Gasteiger partial charge in [-0.25, -0.2) is 9.97 Å². The van der Waals surface area contributed by atoms with E-state index in [0.717, 1.165) is 57.0 Å². The molecule has 14 rings (SSSR count). The molecule has 0 unspecified atom stereocenters. The van der Waals surface area contributed by atoms with Crippen LogP contribution in [0.1, 0.15) is 12.8 Å². The lowest BCUT2D eigenvalue weighted by Gasteiger charge is -2.16. The normalized spacial score (nSPS) is 13.0. The van der Waals surface area contributed by atoms with E-state index in [1.807, 2.05) is 11.3 Å². The molecule has 0 saturated heterocycles. The Hall–Kier alpha value is -7.60. The maximum Gasteiger partial charge on any atom is 0.235 e. The summed E-state index contributed by atoms with van der Waals surface area (Å²) in [7, 11) is 0. The van der Waals surface area contributed by atoms with E-state index < -0.39 is 0 Å². The van der Waals surface area contributed by atoms with Gasteiger partial charge >= 0.3 is 0 Å². The van der Waals surface area contributed by atoms with Gasteiger partial charge in [0.2, 0.25) is 5.95 Å². The third-order valence-electron chi connectivity index (χ3n) is 13.1. The van der Waals surface area contributed by atoms with Crippen LogP contribution < -0.4 is 10.6 Å². The van der Waals surface area contributed by atoms with E-state index >= 15 is 0 Å². The molecule has 0 aliphatic heterocycles. The smallest absolute Gasteiger partial charge is 0.235 e. The number of rotatable bonds is 3. The summed E-state index contributed by atoms with van der Waals surface area (Å²) in [5.74, 6) is 0.690. The van der Waals surface area contributed by atoms with Crippen LogP contribution >= 0.6 is 11.3 Å². The molecule has 0 N–H and O–H groups in total. The molecule has 0 radical (unpaired) electrons. The zero-order chi connectivity index (χ0) is 39.8. The second-order valence-corrected chi connectivity index (χ2v) is 17.4. The van der Waals surface area contributed by atoms with Crippen LogP contribution in [0.15, 0.2) is 170 Å². The molecular weight excluding hydrogens is 761 g/mol. The number of benzene rings is 9. The van der Waals surface area contributed by atoms with E-state index in [9.17, 15) is 0 Å². The topological polar surface area (TPSA) is 35.6 Å². The van der Waals surface area contributed by atoms with Crippen molar-refractivity contribution >= 4 is 120 Å². The molecule has 0 atom stereocenters. The summed E-state index contributed by atoms with van der Waals surface area (Å²) < 4.78 is 7.37. The molecule has 284 valence electrons. The Morgan fingerprint density at radius 2 is 1.15 bits per heavy atom. The lowest BCUT2D eigenvalue weighted by Crippen LogP contribution is -2.31. The highest BCUT2D eigenvalue weighted by molar-refractivity contribution is 7.26. The molecule has 1 aliphatic carbocycles. The standard InChI is InChI=1S/C56H34N4S/c1-2-14-35(15-3-1)59-47-23-11-8-18-38(47)45-31-34(27-29-49(45)59)53-52-41-21-6-4-16-36(41)37-17-5-7-22-42(37)54(52)58-56(57-53)60-48-24-12-9-19-39(48)46-30-33-26-28-43-40-20-10-13-25-51(40)61-55(43)44(33)32-50(46)60/h1-8,10-11,13-32H,9,12H2. The average Bonchev–Trinajstić information content (AvgIpc) is 3.98. The Morgan fingerprint density at radius 3 is 2.02 bits per heavy atom. The molecule has 13 aromatic rings. The Morgan fingerprint density at radius 1 is 0.443 bits per heavy atom. The number of para-hydroxylation sites is 2. The number of aromatic nitrogens is 4. The highest BCUT2D eigenvalue weighted by Crippen LogP contribution is 2.43. The summed E-state index contributed by atoms with van der Waals surface area (Å²) in [4.78, 5) is 11.5. The molecule has 1 aliphatic rings. The molecule has 9 aromatic carbocycles. The summed E-state index contributed by atoms with van der Waals surface area (Å²) in [6, 6.07) is 62.1. The molecule has 4 nitrogen and oxygen atoms in total. The van der Waals surface area contributed by atoms with Crippen LogP contribution in [0.3, 0.4) is 0 Å². The molecule has 0 amide bonds. The Labute approximate surface area is 353 Å². The minimum Gasteiger partial charge on any atom is -0.309 e. The fourth-order valence-corrected chi connectivity index (χ4v) is 11.7. The zero-order valence-electron chi connectivity index (χ0n) is 32.9. The van der Waals surface area contributed by atoms with E-state index in [0.29, 0.717) is 5.95 Å². The first-order chi connectivity index (χ1) is 30.3. The van der Waals surface area contributed by atoms with Crippen molar-refractivity contribution in [1.82, 2.24) is 19.1 Å². The SMILES string of the molecule is C1=c2c(n(-c3nc(-c4ccc5c(c4)c4ccccc4n5-c4ccccc4)c4c5ccccc5c5ccccc5c4n3)c3cc4c(ccc5c6ccccc6sc45)cc23)=CCC1. The van der Waals surface area contributed by atoms with Gasteiger partial charge in [-0.1, -0.05) is 133 Å². The van der Waals surface area contributed by atoms with Crippen LogP contribution in [-0.4, -0.2) is 19.1 Å². The minimum absolute atomic E-state index is 0.690. The van der Waals surface area contributed by atoms with Crippen molar-refractivity contribution in [2.45, 2.75) is 12.8 Å². The molecule has 4 aromatic heterocycles. The fraction of sp³-hybridized carbons (Fsp3) is 0.0357. The molecule has 5 heteroatoms. The van der Waals surface area contributed by atoms with Crippen LogP contribution in [-0.2, 0) is 0 Å². The highest BCUT2D eigenvalue weighted by atomic mass is 32.1. The zero-order valence-corrected chi connectivity index (χ0v) is 33.7. The van der Waals surface area contributed by atoms with Crippen molar-refractivity contribution in [3.63, 3.8) is 0 Å². The largest absolute Gasteiger partial charge is 0.309 e. The van der Waals surface area contributed by atoms with Crippen LogP contribution in [0, 0.1) is 0 Å². The van der Waals surface area contributed by atoms with Crippen molar-refractivity contribution in [3.8, 4) is 22.9 Å². The maximum atomic E-state index is 5.77. The van der Waals surface area contributed by atoms with Crippen LogP contribution in [0.5, 0.6) is 0 Å². The van der Waals surface area contributed by atoms with Crippen molar-refractivity contribution in [3.05, 3.63) is 180 Å². The van der Waals surface area contributed by atoms with Gasteiger partial charge in [0.05, 0.1) is 33.1 Å². The Bertz CT molecular complexity index is 4170. The van der Waals surface area contributed by atoms with Crippen molar-refractivity contribution in [2.75, 3.05) is 0 Å². The number of fused-ring (bicyclic) bond motifs is 17. The maximum absolute atomic E-state index is 5.77. The van der Waals surface area contributed by atoms with E-state index in [1.165, 1.54) is 79.5 Å². The van der Waals surface area contributed by atoms with Gasteiger partial charge in [0.15, 0.2) is 0 Å². The lowest BCUT2D eigenvalue weighted by molar-refractivity contribution is 0.939. The summed E-state index contributed by atoms with van der Waals surface area (Å²) >= 11 is 1.88. The quantitative estimate of drug-likeness (QED) is 0.167. The molecule has 0 fully saturated rings. The number of nitrogens with zero attached hydrogens (tertiary/aromatic N) is 4. The van der Waals surface area contributed by atoms with Gasteiger partial charge in [-0.05, 0) is 82.9 Å². The summed E-state index contributed by atoms with van der Waals surface area (Å²) in [5, 5.41) is 17.0. The molecule has 4 heterocycles. The first kappa shape index (κ1) is 33.3. The fourth-order valence-electron chi connectivity index (χ4n) is 10.5. The second kappa shape index (κ2) is 12.5. The second-order valence-electron chi connectivity index (χ2n) is 16.4. The van der Waals surface area contributed by atoms with Gasteiger partial charge in [0.1, 0.15) is 0 Å². The van der Waals surface area contributed by atoms with Crippen LogP contribution in [0.4, 0.5) is 0 Å². The van der Waals surface area contributed by atoms with Crippen molar-refractivity contribution < 1.29 is 0 Å². The monoisotopic (exact) mass is 794 g/mol. The van der Waals surface area contributed by atoms with Crippen molar-refractivity contribution in [2.24, 2.45) is 0 Å². The lowest BCUT2D eigenvalue weighted by atomic mass is 9.94. The average molecular weight is 795 g/mol. The van der Waals surface area contributed by atoms with Gasteiger partial charge in [-0.15, -0.1) is 11.3 Å². The van der Waals surface area contributed by atoms with E-state index in [-0.39, 0.29) is 0 Å². The van der Waals surface area contributed by atoms with Crippen LogP contribution in [0.2, 0.25) is 0 Å². The molecule has 61 heavy (non-hydrogen) atoms. The van der Waals surface area contributed by atoms with Gasteiger partial charge in [-0.2, -0.15) is 0 Å². The van der Waals surface area contributed by atoms with Gasteiger partial charge in [0.25, 0.3) is 0 Å². The Balaban J connectivity index is 1.13. The van der Waals surface area contributed by atoms with E-state index in [2.05, 4.69) is 191 Å². The van der Waals surface area contributed by atoms with Crippen LogP contribution in [0.25, 0.3) is 131 Å². The summed E-state index contributed by atoms with van der Waals surface area (Å²) in [6.45, 7) is 0. The Kier molecular flexibility index (Phi) is 6.79. The highest BCUT2D eigenvalue weighted by Gasteiger charge is 2.23. The third kappa shape index (κ3) is 4.64. The summed E-state index contributed by atoms with van der Waals surface area (Å²) in [6.07, 6.45) is 6.79. The number of thiophene rings is 1. The first-order valence-electron chi connectivity index (χ1n) is 21.1.